The molecular formula is C16H19ClN2O3S. The Bertz CT molecular complexity index is 621. The first-order valence-electron chi connectivity index (χ1n) is 7.35. The molecule has 0 radical (unpaired) electrons. The van der Waals surface area contributed by atoms with Crippen molar-refractivity contribution in [1.29, 1.82) is 0 Å². The van der Waals surface area contributed by atoms with E-state index < -0.39 is 0 Å². The van der Waals surface area contributed by atoms with Crippen LogP contribution in [0.15, 0.2) is 23.2 Å². The van der Waals surface area contributed by atoms with Crippen molar-refractivity contribution < 1.29 is 14.3 Å². The first kappa shape index (κ1) is 18.0. The third-order valence-electron chi connectivity index (χ3n) is 3.41. The number of amides is 2. The Morgan fingerprint density at radius 3 is 3.00 bits per heavy atom. The molecule has 2 rings (SSSR count). The molecule has 1 atom stereocenters. The highest BCUT2D eigenvalue weighted by molar-refractivity contribution is 8.15. The summed E-state index contributed by atoms with van der Waals surface area (Å²) in [6.45, 7) is 4.75. The molecule has 0 bridgehead atoms. The smallest absolute Gasteiger partial charge is 0.243 e. The summed E-state index contributed by atoms with van der Waals surface area (Å²) in [6.07, 6.45) is 1.29. The lowest BCUT2D eigenvalue weighted by Crippen LogP contribution is -2.30. The van der Waals surface area contributed by atoms with Gasteiger partial charge in [0.2, 0.25) is 12.3 Å². The summed E-state index contributed by atoms with van der Waals surface area (Å²) in [4.78, 5) is 28.2. The maximum atomic E-state index is 12.2. The lowest BCUT2D eigenvalue weighted by atomic mass is 10.1. The van der Waals surface area contributed by atoms with Crippen molar-refractivity contribution in [1.82, 2.24) is 0 Å². The number of carbonyl (C=O) groups excluding carboxylic acids is 2. The van der Waals surface area contributed by atoms with Crippen LogP contribution in [0.5, 0.6) is 0 Å². The summed E-state index contributed by atoms with van der Waals surface area (Å²) in [6, 6.07) is 5.79. The summed E-state index contributed by atoms with van der Waals surface area (Å²) in [5.74, 6) is 0.187. The minimum absolute atomic E-state index is 0.0277. The zero-order valence-corrected chi connectivity index (χ0v) is 14.7. The van der Waals surface area contributed by atoms with Gasteiger partial charge in [0.05, 0.1) is 30.0 Å². The molecule has 1 unspecified atom stereocenters. The molecule has 0 aromatic heterocycles. The number of benzene rings is 1. The maximum absolute atomic E-state index is 12.2. The van der Waals surface area contributed by atoms with Crippen molar-refractivity contribution >= 4 is 46.5 Å². The molecule has 1 aromatic rings. The highest BCUT2D eigenvalue weighted by Gasteiger charge is 2.31. The van der Waals surface area contributed by atoms with Crippen LogP contribution in [0.4, 0.5) is 5.69 Å². The van der Waals surface area contributed by atoms with Crippen LogP contribution in [0.25, 0.3) is 0 Å². The van der Waals surface area contributed by atoms with Gasteiger partial charge in [0.1, 0.15) is 0 Å². The van der Waals surface area contributed by atoms with Crippen molar-refractivity contribution in [3.8, 4) is 0 Å². The van der Waals surface area contributed by atoms with Crippen LogP contribution in [-0.4, -0.2) is 35.2 Å². The molecule has 1 fully saturated rings. The van der Waals surface area contributed by atoms with E-state index in [0.29, 0.717) is 30.5 Å². The summed E-state index contributed by atoms with van der Waals surface area (Å²) in [5, 5.41) is 0.376. The summed E-state index contributed by atoms with van der Waals surface area (Å²) in [5.41, 5.74) is 2.59. The summed E-state index contributed by atoms with van der Waals surface area (Å²) >= 11 is 7.32. The minimum atomic E-state index is -0.0915. The molecular weight excluding hydrogens is 336 g/mol. The monoisotopic (exact) mass is 354 g/mol. The first-order chi connectivity index (χ1) is 11.1. The quantitative estimate of drug-likeness (QED) is 0.557. The topological polar surface area (TPSA) is 59.0 Å². The molecule has 1 heterocycles. The number of alkyl halides is 1. The van der Waals surface area contributed by atoms with Gasteiger partial charge in [-0.3, -0.25) is 14.5 Å². The summed E-state index contributed by atoms with van der Waals surface area (Å²) < 4.78 is 5.66. The Hall–Kier alpha value is -1.37. The maximum Gasteiger partial charge on any atom is 0.243 e. The molecule has 1 aliphatic heterocycles. The number of thioether (sulfide) groups is 1. The molecule has 1 aliphatic rings. The van der Waals surface area contributed by atoms with Gasteiger partial charge in [-0.15, -0.1) is 11.6 Å². The van der Waals surface area contributed by atoms with Gasteiger partial charge in [-0.2, -0.15) is 4.99 Å². The normalized spacial score (nSPS) is 17.8. The van der Waals surface area contributed by atoms with Gasteiger partial charge in [0.15, 0.2) is 5.17 Å². The van der Waals surface area contributed by atoms with Gasteiger partial charge >= 0.3 is 0 Å². The molecule has 7 heteroatoms. The Morgan fingerprint density at radius 2 is 2.30 bits per heavy atom. The van der Waals surface area contributed by atoms with Gasteiger partial charge in [-0.1, -0.05) is 30.8 Å². The molecule has 1 aromatic carbocycles. The van der Waals surface area contributed by atoms with Crippen molar-refractivity contribution in [2.24, 2.45) is 4.99 Å². The average Bonchev–Trinajstić information content (AvgIpc) is 2.89. The van der Waals surface area contributed by atoms with Crippen molar-refractivity contribution in [3.63, 3.8) is 0 Å². The van der Waals surface area contributed by atoms with E-state index in [1.54, 1.807) is 0 Å². The van der Waals surface area contributed by atoms with Crippen molar-refractivity contribution in [3.05, 3.63) is 29.3 Å². The Balaban J connectivity index is 2.26. The van der Waals surface area contributed by atoms with E-state index in [2.05, 4.69) is 4.99 Å². The number of halogens is 1. The lowest BCUT2D eigenvalue weighted by Gasteiger charge is -2.20. The van der Waals surface area contributed by atoms with Crippen molar-refractivity contribution in [2.45, 2.75) is 32.3 Å². The van der Waals surface area contributed by atoms with Gasteiger partial charge in [0.25, 0.3) is 0 Å². The van der Waals surface area contributed by atoms with E-state index in [0.717, 1.165) is 17.5 Å². The van der Waals surface area contributed by atoms with Gasteiger partial charge < -0.3 is 4.74 Å². The van der Waals surface area contributed by atoms with Crippen LogP contribution in [0.2, 0.25) is 0 Å². The molecule has 5 nitrogen and oxygen atoms in total. The number of aryl methyl sites for hydroxylation is 1. The van der Waals surface area contributed by atoms with Crippen LogP contribution in [0.1, 0.15) is 24.5 Å². The van der Waals surface area contributed by atoms with E-state index in [1.165, 1.54) is 16.7 Å². The van der Waals surface area contributed by atoms with Gasteiger partial charge in [-0.25, -0.2) is 0 Å². The second kappa shape index (κ2) is 8.47. The number of rotatable bonds is 7. The molecule has 1 saturated heterocycles. The zero-order valence-electron chi connectivity index (χ0n) is 13.1. The van der Waals surface area contributed by atoms with E-state index >= 15 is 0 Å². The highest BCUT2D eigenvalue weighted by atomic mass is 35.5. The van der Waals surface area contributed by atoms with E-state index in [4.69, 9.17) is 16.3 Å². The minimum Gasteiger partial charge on any atom is -0.375 e. The Labute approximate surface area is 145 Å². The number of anilines is 1. The standard InChI is InChI=1S/C16H19ClN2O3S/c1-3-13(17)8-22-7-12-5-4-11(2)6-14(12)19-15(21)9-23-16(19)18-10-20/h4-6,10,13H,3,7-9H2,1-2H3. The largest absolute Gasteiger partial charge is 0.375 e. The van der Waals surface area contributed by atoms with Crippen molar-refractivity contribution in [2.75, 3.05) is 17.3 Å². The molecule has 23 heavy (non-hydrogen) atoms. The fraction of sp³-hybridized carbons (Fsp3) is 0.438. The predicted octanol–water partition coefficient (Wildman–Crippen LogP) is 3.12. The van der Waals surface area contributed by atoms with Crippen LogP contribution in [0, 0.1) is 6.92 Å². The number of carbonyl (C=O) groups is 2. The number of aliphatic imine (C=N–C) groups is 1. The van der Waals surface area contributed by atoms with E-state index in [1.807, 2.05) is 32.0 Å². The highest BCUT2D eigenvalue weighted by Crippen LogP contribution is 2.31. The third kappa shape index (κ3) is 4.56. The van der Waals surface area contributed by atoms with Crippen LogP contribution < -0.4 is 4.90 Å². The number of amidine groups is 1. The molecule has 124 valence electrons. The Morgan fingerprint density at radius 1 is 1.52 bits per heavy atom. The number of ether oxygens (including phenoxy) is 1. The molecule has 0 N–H and O–H groups in total. The second-order valence-corrected chi connectivity index (χ2v) is 6.75. The fourth-order valence-corrected chi connectivity index (χ4v) is 3.08. The van der Waals surface area contributed by atoms with E-state index in [9.17, 15) is 9.59 Å². The average molecular weight is 355 g/mol. The number of hydrogen-bond donors (Lipinski definition) is 0. The zero-order chi connectivity index (χ0) is 16.8. The molecule has 0 saturated carbocycles. The Kier molecular flexibility index (Phi) is 6.62. The molecule has 2 amide bonds. The summed E-state index contributed by atoms with van der Waals surface area (Å²) in [7, 11) is 0. The lowest BCUT2D eigenvalue weighted by molar-refractivity contribution is -0.115. The first-order valence-corrected chi connectivity index (χ1v) is 8.77. The van der Waals surface area contributed by atoms with Gasteiger partial charge in [-0.05, 0) is 25.0 Å². The predicted molar refractivity (Wildman–Crippen MR) is 94.2 cm³/mol. The molecule has 0 aliphatic carbocycles. The number of nitrogens with zero attached hydrogens (tertiary/aromatic N) is 2. The number of hydrogen-bond acceptors (Lipinski definition) is 4. The van der Waals surface area contributed by atoms with Crippen LogP contribution >= 0.6 is 23.4 Å². The van der Waals surface area contributed by atoms with Gasteiger partial charge in [0, 0.05) is 5.56 Å². The fourth-order valence-electron chi connectivity index (χ4n) is 2.16. The van der Waals surface area contributed by atoms with E-state index in [-0.39, 0.29) is 17.0 Å². The van der Waals surface area contributed by atoms with Crippen LogP contribution in [-0.2, 0) is 20.9 Å². The molecule has 0 spiro atoms. The SMILES string of the molecule is CCC(Cl)COCc1ccc(C)cc1N1C(=O)CSC1=NC=O. The second-order valence-electron chi connectivity index (χ2n) is 5.19. The van der Waals surface area contributed by atoms with Crippen LogP contribution in [0.3, 0.4) is 0 Å². The third-order valence-corrected chi connectivity index (χ3v) is 4.78.